The molecule has 3 rings (SSSR count). The van der Waals surface area contributed by atoms with E-state index in [2.05, 4.69) is 20.1 Å². The molecule has 6 nitrogen and oxygen atoms in total. The third kappa shape index (κ3) is 3.61. The van der Waals surface area contributed by atoms with Crippen LogP contribution in [0.1, 0.15) is 48.1 Å². The Morgan fingerprint density at radius 2 is 2.33 bits per heavy atom. The van der Waals surface area contributed by atoms with Gasteiger partial charge in [0.2, 0.25) is 0 Å². The van der Waals surface area contributed by atoms with Gasteiger partial charge in [0.1, 0.15) is 12.4 Å². The standard InChI is InChI=1S/C17H20FN5O/c1-24-11-16-20-17(22-21-16)15-4-2-3-7-23(15)10-13-6-5-12(9-19)8-14(13)18/h5-6,8,15H,2-4,7,10-11H2,1H3,(H,20,21,22). The number of rotatable bonds is 5. The van der Waals surface area contributed by atoms with Crippen LogP contribution < -0.4 is 0 Å². The Hall–Kier alpha value is -2.30. The molecule has 0 radical (unpaired) electrons. The van der Waals surface area contributed by atoms with E-state index in [0.717, 1.165) is 31.6 Å². The van der Waals surface area contributed by atoms with E-state index in [1.807, 2.05) is 6.07 Å². The lowest BCUT2D eigenvalue weighted by Gasteiger charge is -2.34. The van der Waals surface area contributed by atoms with Crippen molar-refractivity contribution in [3.8, 4) is 6.07 Å². The number of H-pyrrole nitrogens is 1. The summed E-state index contributed by atoms with van der Waals surface area (Å²) < 4.78 is 19.3. The highest BCUT2D eigenvalue weighted by atomic mass is 19.1. The molecular formula is C17H20FN5O. The number of likely N-dealkylation sites (tertiary alicyclic amines) is 1. The smallest absolute Gasteiger partial charge is 0.167 e. The van der Waals surface area contributed by atoms with Crippen molar-refractivity contribution in [1.82, 2.24) is 20.1 Å². The Morgan fingerprint density at radius 3 is 3.08 bits per heavy atom. The molecule has 0 amide bonds. The lowest BCUT2D eigenvalue weighted by molar-refractivity contribution is 0.132. The highest BCUT2D eigenvalue weighted by molar-refractivity contribution is 5.32. The predicted molar refractivity (Wildman–Crippen MR) is 85.2 cm³/mol. The fourth-order valence-electron chi connectivity index (χ4n) is 3.10. The number of benzene rings is 1. The molecule has 0 spiro atoms. The van der Waals surface area contributed by atoms with E-state index in [1.54, 1.807) is 19.2 Å². The summed E-state index contributed by atoms with van der Waals surface area (Å²) >= 11 is 0. The summed E-state index contributed by atoms with van der Waals surface area (Å²) in [5.74, 6) is 1.09. The van der Waals surface area contributed by atoms with Crippen LogP contribution in [-0.4, -0.2) is 33.7 Å². The largest absolute Gasteiger partial charge is 0.377 e. The van der Waals surface area contributed by atoms with Crippen LogP contribution in [0.5, 0.6) is 0 Å². The molecular weight excluding hydrogens is 309 g/mol. The van der Waals surface area contributed by atoms with Crippen molar-refractivity contribution in [3.63, 3.8) is 0 Å². The molecule has 1 aromatic carbocycles. The van der Waals surface area contributed by atoms with Crippen LogP contribution in [0, 0.1) is 17.1 Å². The van der Waals surface area contributed by atoms with Crippen LogP contribution in [0.2, 0.25) is 0 Å². The number of hydrogen-bond donors (Lipinski definition) is 1. The van der Waals surface area contributed by atoms with Gasteiger partial charge in [-0.15, -0.1) is 0 Å². The lowest BCUT2D eigenvalue weighted by Crippen LogP contribution is -2.33. The zero-order chi connectivity index (χ0) is 16.9. The maximum atomic E-state index is 14.2. The molecule has 2 heterocycles. The fourth-order valence-corrected chi connectivity index (χ4v) is 3.10. The Kier molecular flexibility index (Phi) is 5.18. The van der Waals surface area contributed by atoms with Gasteiger partial charge in [0.05, 0.1) is 17.7 Å². The third-order valence-corrected chi connectivity index (χ3v) is 4.30. The minimum Gasteiger partial charge on any atom is -0.377 e. The number of nitriles is 1. The number of nitrogens with zero attached hydrogens (tertiary/aromatic N) is 4. The van der Waals surface area contributed by atoms with Crippen LogP contribution in [0.25, 0.3) is 0 Å². The van der Waals surface area contributed by atoms with Gasteiger partial charge in [0, 0.05) is 19.2 Å². The van der Waals surface area contributed by atoms with Crippen LogP contribution in [0.15, 0.2) is 18.2 Å². The first kappa shape index (κ1) is 16.6. The molecule has 7 heteroatoms. The molecule has 126 valence electrons. The number of aromatic nitrogens is 3. The van der Waals surface area contributed by atoms with Crippen LogP contribution in [0.4, 0.5) is 4.39 Å². The van der Waals surface area contributed by atoms with Crippen molar-refractivity contribution in [2.24, 2.45) is 0 Å². The zero-order valence-corrected chi connectivity index (χ0v) is 13.6. The summed E-state index contributed by atoms with van der Waals surface area (Å²) in [7, 11) is 1.61. The molecule has 24 heavy (non-hydrogen) atoms. The quantitative estimate of drug-likeness (QED) is 0.912. The molecule has 1 unspecified atom stereocenters. The molecule has 1 saturated heterocycles. The van der Waals surface area contributed by atoms with E-state index < -0.39 is 0 Å². The second-order valence-corrected chi connectivity index (χ2v) is 5.97. The Balaban J connectivity index is 1.78. The van der Waals surface area contributed by atoms with Crippen molar-refractivity contribution in [2.45, 2.75) is 38.5 Å². The minimum absolute atomic E-state index is 0.0654. The Labute approximate surface area is 140 Å². The molecule has 1 aliphatic rings. The van der Waals surface area contributed by atoms with E-state index in [9.17, 15) is 4.39 Å². The van der Waals surface area contributed by atoms with Gasteiger partial charge >= 0.3 is 0 Å². The normalized spacial score (nSPS) is 18.5. The third-order valence-electron chi connectivity index (χ3n) is 4.30. The number of hydrogen-bond acceptors (Lipinski definition) is 5. The van der Waals surface area contributed by atoms with Gasteiger partial charge in [0.25, 0.3) is 0 Å². The molecule has 1 aromatic heterocycles. The topological polar surface area (TPSA) is 77.8 Å². The highest BCUT2D eigenvalue weighted by Crippen LogP contribution is 2.30. The highest BCUT2D eigenvalue weighted by Gasteiger charge is 2.28. The maximum absolute atomic E-state index is 14.2. The van der Waals surface area contributed by atoms with Gasteiger partial charge in [-0.2, -0.15) is 10.4 Å². The minimum atomic E-state index is -0.339. The summed E-state index contributed by atoms with van der Waals surface area (Å²) in [6, 6.07) is 6.66. The van der Waals surface area contributed by atoms with Gasteiger partial charge in [-0.3, -0.25) is 10.00 Å². The summed E-state index contributed by atoms with van der Waals surface area (Å²) in [5.41, 5.74) is 0.929. The van der Waals surface area contributed by atoms with Crippen LogP contribution >= 0.6 is 0 Å². The van der Waals surface area contributed by atoms with Gasteiger partial charge < -0.3 is 4.74 Å². The van der Waals surface area contributed by atoms with Gasteiger partial charge in [-0.25, -0.2) is 9.37 Å². The maximum Gasteiger partial charge on any atom is 0.167 e. The van der Waals surface area contributed by atoms with Gasteiger partial charge in [-0.1, -0.05) is 12.5 Å². The van der Waals surface area contributed by atoms with Crippen molar-refractivity contribution < 1.29 is 9.13 Å². The van der Waals surface area contributed by atoms with Crippen molar-refractivity contribution in [2.75, 3.05) is 13.7 Å². The Morgan fingerprint density at radius 1 is 1.46 bits per heavy atom. The van der Waals surface area contributed by atoms with Crippen molar-refractivity contribution in [3.05, 3.63) is 46.8 Å². The summed E-state index contributed by atoms with van der Waals surface area (Å²) in [6.45, 7) is 1.75. The fraction of sp³-hybridized carbons (Fsp3) is 0.471. The summed E-state index contributed by atoms with van der Waals surface area (Å²) in [5, 5.41) is 16.1. The number of ether oxygens (including phenoxy) is 1. The van der Waals surface area contributed by atoms with Crippen LogP contribution in [0.3, 0.4) is 0 Å². The molecule has 2 aromatic rings. The first-order chi connectivity index (χ1) is 11.7. The average molecular weight is 329 g/mol. The molecule has 0 aliphatic carbocycles. The number of methoxy groups -OCH3 is 1. The lowest BCUT2D eigenvalue weighted by atomic mass is 10.00. The number of halogens is 1. The SMILES string of the molecule is COCc1nc(C2CCCCN2Cc2ccc(C#N)cc2F)n[nH]1. The molecule has 0 saturated carbocycles. The Bertz CT molecular complexity index is 739. The number of nitrogens with one attached hydrogen (secondary N) is 1. The van der Waals surface area contributed by atoms with Crippen LogP contribution in [-0.2, 0) is 17.9 Å². The summed E-state index contributed by atoms with van der Waals surface area (Å²) in [4.78, 5) is 6.70. The molecule has 0 bridgehead atoms. The monoisotopic (exact) mass is 329 g/mol. The van der Waals surface area contributed by atoms with E-state index in [0.29, 0.717) is 30.1 Å². The van der Waals surface area contributed by atoms with E-state index in [1.165, 1.54) is 6.07 Å². The number of aromatic amines is 1. The number of piperidine rings is 1. The predicted octanol–water partition coefficient (Wildman–Crippen LogP) is 2.69. The second-order valence-electron chi connectivity index (χ2n) is 5.97. The van der Waals surface area contributed by atoms with E-state index in [4.69, 9.17) is 10.00 Å². The average Bonchev–Trinajstić information content (AvgIpc) is 3.06. The van der Waals surface area contributed by atoms with Gasteiger partial charge in [-0.05, 0) is 31.5 Å². The first-order valence-electron chi connectivity index (χ1n) is 8.04. The molecule has 1 aliphatic heterocycles. The summed E-state index contributed by atoms with van der Waals surface area (Å²) in [6.07, 6.45) is 3.12. The molecule has 1 N–H and O–H groups in total. The van der Waals surface area contributed by atoms with Crippen molar-refractivity contribution >= 4 is 0 Å². The van der Waals surface area contributed by atoms with E-state index in [-0.39, 0.29) is 11.9 Å². The van der Waals surface area contributed by atoms with Gasteiger partial charge in [0.15, 0.2) is 11.6 Å². The second kappa shape index (κ2) is 7.51. The zero-order valence-electron chi connectivity index (χ0n) is 13.6. The van der Waals surface area contributed by atoms with Crippen molar-refractivity contribution in [1.29, 1.82) is 5.26 Å². The van der Waals surface area contributed by atoms with E-state index >= 15 is 0 Å². The molecule has 1 fully saturated rings. The first-order valence-corrected chi connectivity index (χ1v) is 8.04. The molecule has 1 atom stereocenters.